The van der Waals surface area contributed by atoms with Gasteiger partial charge in [-0.3, -0.25) is 0 Å². The topological polar surface area (TPSA) is 0 Å². The van der Waals surface area contributed by atoms with Crippen LogP contribution in [0.4, 0.5) is 0 Å². The predicted molar refractivity (Wildman–Crippen MR) is 116 cm³/mol. The Labute approximate surface area is 177 Å². The van der Waals surface area contributed by atoms with Crippen LogP contribution in [0.3, 0.4) is 0 Å². The summed E-state index contributed by atoms with van der Waals surface area (Å²) in [6.07, 6.45) is 7.24. The first kappa shape index (κ1) is 19.4. The maximum absolute atomic E-state index is 6.63. The van der Waals surface area contributed by atoms with Crippen LogP contribution in [0.2, 0.25) is 0 Å². The molecule has 0 amide bonds. The van der Waals surface area contributed by atoms with E-state index in [4.69, 9.17) is 17.0 Å². The molecule has 0 saturated heterocycles. The van der Waals surface area contributed by atoms with Gasteiger partial charge in [-0.25, -0.2) is 0 Å². The van der Waals surface area contributed by atoms with E-state index in [1.807, 2.05) is 0 Å². The van der Waals surface area contributed by atoms with Gasteiger partial charge in [-0.1, -0.05) is 0 Å². The average molecular weight is 474 g/mol. The summed E-state index contributed by atoms with van der Waals surface area (Å²) in [5.74, 6) is 0. The fourth-order valence-electron chi connectivity index (χ4n) is 4.21. The van der Waals surface area contributed by atoms with Crippen molar-refractivity contribution in [2.24, 2.45) is 0 Å². The molecule has 0 bridgehead atoms. The standard InChI is InChI=1S/C24H23.2ClH.Zr/c1-2-3-4-9-18-16-20-12-8-15-23(24(20)17-18)22-14-7-11-19-10-5-6-13-21(19)22;;;/h5-8,10-17H,2-4,9H2,1H3;2*1H;/q;;;+2/p-2. The van der Waals surface area contributed by atoms with Crippen LogP contribution in [-0.4, -0.2) is 0 Å². The number of halogens is 2. The Morgan fingerprint density at radius 1 is 0.852 bits per heavy atom. The zero-order valence-corrected chi connectivity index (χ0v) is 19.5. The van der Waals surface area contributed by atoms with E-state index in [0.29, 0.717) is 3.63 Å². The molecule has 0 aromatic heterocycles. The minimum absolute atomic E-state index is 0.303. The number of hydrogen-bond acceptors (Lipinski definition) is 0. The first-order valence-corrected chi connectivity index (χ1v) is 17.4. The van der Waals surface area contributed by atoms with Crippen LogP contribution in [0.1, 0.15) is 47.4 Å². The summed E-state index contributed by atoms with van der Waals surface area (Å²) in [6, 6.07) is 21.8. The van der Waals surface area contributed by atoms with Gasteiger partial charge in [0.2, 0.25) is 0 Å². The summed E-state index contributed by atoms with van der Waals surface area (Å²) < 4.78 is 0.303. The van der Waals surface area contributed by atoms with Gasteiger partial charge < -0.3 is 0 Å². The molecule has 0 nitrogen and oxygen atoms in total. The van der Waals surface area contributed by atoms with Crippen molar-refractivity contribution in [2.45, 2.75) is 36.2 Å². The molecule has 27 heavy (non-hydrogen) atoms. The van der Waals surface area contributed by atoms with Gasteiger partial charge in [0.1, 0.15) is 0 Å². The van der Waals surface area contributed by atoms with Crippen LogP contribution in [0.15, 0.2) is 66.2 Å². The molecule has 0 N–H and O–H groups in total. The Kier molecular flexibility index (Phi) is 6.22. The number of rotatable bonds is 6. The second-order valence-corrected chi connectivity index (χ2v) is 16.0. The number of unbranched alkanes of at least 4 members (excludes halogenated alkanes) is 2. The monoisotopic (exact) mass is 471 g/mol. The Balaban J connectivity index is 1.84. The first-order valence-electron chi connectivity index (χ1n) is 9.70. The molecule has 1 aliphatic carbocycles. The van der Waals surface area contributed by atoms with Crippen LogP contribution < -0.4 is 0 Å². The Hall–Kier alpha value is -0.877. The quantitative estimate of drug-likeness (QED) is 0.315. The van der Waals surface area contributed by atoms with Crippen molar-refractivity contribution in [1.82, 2.24) is 0 Å². The van der Waals surface area contributed by atoms with Crippen molar-refractivity contribution in [3.05, 3.63) is 77.4 Å². The third-order valence-electron chi connectivity index (χ3n) is 5.52. The molecule has 3 aromatic carbocycles. The summed E-state index contributed by atoms with van der Waals surface area (Å²) in [4.78, 5) is 0. The number of allylic oxidation sites excluding steroid dienone is 1. The molecule has 137 valence electrons. The number of fused-ring (bicyclic) bond motifs is 2. The van der Waals surface area contributed by atoms with Gasteiger partial charge in [0, 0.05) is 0 Å². The van der Waals surface area contributed by atoms with Crippen molar-refractivity contribution in [2.75, 3.05) is 0 Å². The molecule has 1 atom stereocenters. The second-order valence-electron chi connectivity index (χ2n) is 7.23. The Morgan fingerprint density at radius 3 is 2.41 bits per heavy atom. The molecule has 3 heteroatoms. The van der Waals surface area contributed by atoms with Gasteiger partial charge in [0.05, 0.1) is 0 Å². The summed E-state index contributed by atoms with van der Waals surface area (Å²) >= 11 is -2.46. The summed E-state index contributed by atoms with van der Waals surface area (Å²) in [5.41, 5.74) is 6.75. The van der Waals surface area contributed by atoms with Gasteiger partial charge in [-0.15, -0.1) is 0 Å². The predicted octanol–water partition coefficient (Wildman–Crippen LogP) is 8.45. The van der Waals surface area contributed by atoms with Crippen molar-refractivity contribution in [3.63, 3.8) is 0 Å². The van der Waals surface area contributed by atoms with Gasteiger partial charge in [-0.05, 0) is 0 Å². The average Bonchev–Trinajstić information content (AvgIpc) is 3.06. The van der Waals surface area contributed by atoms with E-state index in [1.54, 1.807) is 0 Å². The van der Waals surface area contributed by atoms with Crippen molar-refractivity contribution < 1.29 is 19.4 Å². The van der Waals surface area contributed by atoms with Gasteiger partial charge in [0.25, 0.3) is 0 Å². The van der Waals surface area contributed by atoms with Crippen molar-refractivity contribution in [1.29, 1.82) is 0 Å². The van der Waals surface area contributed by atoms with E-state index in [9.17, 15) is 0 Å². The zero-order valence-electron chi connectivity index (χ0n) is 15.5. The fourth-order valence-corrected chi connectivity index (χ4v) is 9.71. The summed E-state index contributed by atoms with van der Waals surface area (Å²) in [7, 11) is 13.3. The molecular weight excluding hydrogens is 450 g/mol. The molecule has 0 heterocycles. The summed E-state index contributed by atoms with van der Waals surface area (Å²) in [5, 5.41) is 2.58. The molecule has 0 saturated carbocycles. The molecule has 3 aromatic rings. The Morgan fingerprint density at radius 2 is 1.59 bits per heavy atom. The minimum atomic E-state index is -2.46. The number of hydrogen-bond donors (Lipinski definition) is 0. The first-order chi connectivity index (χ1) is 13.2. The van der Waals surface area contributed by atoms with E-state index >= 15 is 0 Å². The molecular formula is C24H23Cl2Zr. The van der Waals surface area contributed by atoms with Gasteiger partial charge >= 0.3 is 178 Å². The normalized spacial score (nSPS) is 15.7. The third-order valence-corrected chi connectivity index (χ3v) is 10.8. The molecule has 0 fully saturated rings. The zero-order chi connectivity index (χ0) is 18.8. The van der Waals surface area contributed by atoms with Gasteiger partial charge in [0.15, 0.2) is 0 Å². The van der Waals surface area contributed by atoms with Crippen LogP contribution in [0, 0.1) is 0 Å². The molecule has 1 unspecified atom stereocenters. The van der Waals surface area contributed by atoms with E-state index in [1.165, 1.54) is 57.9 Å². The molecule has 0 spiro atoms. The molecule has 1 aliphatic rings. The summed E-state index contributed by atoms with van der Waals surface area (Å²) in [6.45, 7) is 2.25. The van der Waals surface area contributed by atoms with Crippen LogP contribution >= 0.6 is 17.0 Å². The van der Waals surface area contributed by atoms with Gasteiger partial charge in [-0.2, -0.15) is 0 Å². The van der Waals surface area contributed by atoms with Crippen LogP contribution in [0.5, 0.6) is 0 Å². The van der Waals surface area contributed by atoms with Crippen molar-refractivity contribution >= 4 is 33.9 Å². The maximum atomic E-state index is 6.63. The number of benzene rings is 3. The fraction of sp³-hybridized carbons (Fsp3) is 0.250. The Bertz CT molecular complexity index is 985. The van der Waals surface area contributed by atoms with Crippen LogP contribution in [0.25, 0.3) is 28.0 Å². The van der Waals surface area contributed by atoms with E-state index in [2.05, 4.69) is 73.7 Å². The van der Waals surface area contributed by atoms with E-state index in [-0.39, 0.29) is 0 Å². The van der Waals surface area contributed by atoms with Crippen LogP contribution in [-0.2, 0) is 19.4 Å². The third kappa shape index (κ3) is 3.84. The molecule has 0 aliphatic heterocycles. The molecule has 0 radical (unpaired) electrons. The second kappa shape index (κ2) is 8.65. The molecule has 4 rings (SSSR count). The SMILES string of the molecule is CCCCCC1=Cc2c(-c3cccc4ccccc34)cccc2[CH]1[Zr]([Cl])[Cl]. The van der Waals surface area contributed by atoms with Crippen molar-refractivity contribution in [3.8, 4) is 11.1 Å². The van der Waals surface area contributed by atoms with E-state index < -0.39 is 19.4 Å². The van der Waals surface area contributed by atoms with E-state index in [0.717, 1.165) is 6.42 Å².